The van der Waals surface area contributed by atoms with Gasteiger partial charge in [-0.3, -0.25) is 19.4 Å². The fourth-order valence-corrected chi connectivity index (χ4v) is 4.82. The number of nitrogens with zero attached hydrogens (tertiary/aromatic N) is 3. The molecule has 11 heteroatoms. The largest absolute Gasteiger partial charge is 0.507 e. The quantitative estimate of drug-likeness (QED) is 0.152. The van der Waals surface area contributed by atoms with Crippen molar-refractivity contribution in [3.05, 3.63) is 120 Å². The molecule has 5 N–H and O–H groups in total. The topological polar surface area (TPSA) is 165 Å². The third-order valence-electron chi connectivity index (χ3n) is 6.80. The normalized spacial score (nSPS) is 13.2. The van der Waals surface area contributed by atoms with Gasteiger partial charge in [0.05, 0.1) is 23.0 Å². The van der Waals surface area contributed by atoms with E-state index in [1.165, 1.54) is 18.3 Å². The van der Waals surface area contributed by atoms with Crippen LogP contribution < -0.4 is 16.2 Å². The van der Waals surface area contributed by atoms with E-state index in [4.69, 9.17) is 0 Å². The fraction of sp³-hybridized carbons (Fsp3) is 0. The maximum absolute atomic E-state index is 13.1. The predicted molar refractivity (Wildman–Crippen MR) is 161 cm³/mol. The van der Waals surface area contributed by atoms with Crippen molar-refractivity contribution in [1.82, 2.24) is 15.8 Å². The van der Waals surface area contributed by atoms with E-state index in [0.717, 1.165) is 0 Å². The van der Waals surface area contributed by atoms with Gasteiger partial charge in [-0.25, -0.2) is 10.9 Å². The molecule has 1 aromatic heterocycles. The van der Waals surface area contributed by atoms with Gasteiger partial charge >= 0.3 is 0 Å². The molecular formula is C32H22N6O5. The van der Waals surface area contributed by atoms with Crippen LogP contribution in [0.5, 0.6) is 11.5 Å². The summed E-state index contributed by atoms with van der Waals surface area (Å²) in [6.07, 6.45) is 4.62. The number of nitrogens with one attached hydrogen (secondary N) is 3. The summed E-state index contributed by atoms with van der Waals surface area (Å²) in [7, 11) is 0. The van der Waals surface area contributed by atoms with Crippen molar-refractivity contribution in [3.63, 3.8) is 0 Å². The van der Waals surface area contributed by atoms with Crippen molar-refractivity contribution < 1.29 is 24.6 Å². The van der Waals surface area contributed by atoms with Crippen LogP contribution in [0.1, 0.15) is 31.8 Å². The number of benzene rings is 4. The van der Waals surface area contributed by atoms with Gasteiger partial charge in [-0.05, 0) is 40.6 Å². The molecule has 0 saturated carbocycles. The van der Waals surface area contributed by atoms with E-state index in [2.05, 4.69) is 31.4 Å². The summed E-state index contributed by atoms with van der Waals surface area (Å²) in [4.78, 5) is 42.5. The molecule has 0 atom stereocenters. The van der Waals surface area contributed by atoms with E-state index in [-0.39, 0.29) is 33.9 Å². The Morgan fingerprint density at radius 3 is 2.40 bits per heavy atom. The zero-order valence-electron chi connectivity index (χ0n) is 22.3. The molecule has 0 fully saturated rings. The number of aromatic hydroxyl groups is 2. The molecule has 1 aliphatic rings. The SMILES string of the molecule is O=C1Nc2ccccc2/C1=N\NC(=O)c1cccc(-c2cc(O)c(C(=O)N/N=C/c3cccnc3)c3ccccc23)c1O. The first-order valence-electron chi connectivity index (χ1n) is 13.0. The van der Waals surface area contributed by atoms with Gasteiger partial charge in [0.25, 0.3) is 17.7 Å². The lowest BCUT2D eigenvalue weighted by Crippen LogP contribution is -2.23. The number of hydrogen-bond acceptors (Lipinski definition) is 8. The van der Waals surface area contributed by atoms with Crippen LogP contribution in [0.3, 0.4) is 0 Å². The number of hydrazone groups is 2. The van der Waals surface area contributed by atoms with Crippen LogP contribution in [0, 0.1) is 0 Å². The van der Waals surface area contributed by atoms with Gasteiger partial charge in [-0.15, -0.1) is 0 Å². The average molecular weight is 571 g/mol. The second kappa shape index (κ2) is 11.3. The third kappa shape index (κ3) is 5.13. The summed E-state index contributed by atoms with van der Waals surface area (Å²) in [5.74, 6) is -2.59. The second-order valence-electron chi connectivity index (χ2n) is 9.45. The molecule has 0 radical (unpaired) electrons. The van der Waals surface area contributed by atoms with Crippen LogP contribution in [-0.4, -0.2) is 44.8 Å². The maximum Gasteiger partial charge on any atom is 0.276 e. The highest BCUT2D eigenvalue weighted by molar-refractivity contribution is 6.53. The molecule has 2 heterocycles. The first-order valence-corrected chi connectivity index (χ1v) is 13.0. The number of para-hydroxylation sites is 2. The van der Waals surface area contributed by atoms with Gasteiger partial charge < -0.3 is 15.5 Å². The lowest BCUT2D eigenvalue weighted by atomic mass is 9.92. The standard InChI is InChI=1S/C32H22N6O5/c39-26-15-24(19-8-1-2-9-20(19)27(26)31(42)37-34-17-18-7-6-14-33-16-18)21-11-5-12-23(29(21)40)30(41)38-36-28-22-10-3-4-13-25(22)35-32(28)43/h1-17,39-40H,(H,37,42)(H,38,41)(H,35,36,43)/b34-17+. The molecule has 4 aromatic carbocycles. The summed E-state index contributed by atoms with van der Waals surface area (Å²) in [5, 5.41) is 33.7. The van der Waals surface area contributed by atoms with Crippen LogP contribution in [0.4, 0.5) is 5.69 Å². The molecule has 0 saturated heterocycles. The average Bonchev–Trinajstić information content (AvgIpc) is 3.34. The minimum atomic E-state index is -0.750. The van der Waals surface area contributed by atoms with Gasteiger partial charge in [0.1, 0.15) is 11.5 Å². The van der Waals surface area contributed by atoms with Crippen molar-refractivity contribution in [2.24, 2.45) is 10.2 Å². The molecule has 5 aromatic rings. The minimum Gasteiger partial charge on any atom is -0.507 e. The Bertz CT molecular complexity index is 1990. The fourth-order valence-electron chi connectivity index (χ4n) is 4.82. The molecule has 43 heavy (non-hydrogen) atoms. The highest BCUT2D eigenvalue weighted by Gasteiger charge is 2.26. The summed E-state index contributed by atoms with van der Waals surface area (Å²) >= 11 is 0. The summed E-state index contributed by atoms with van der Waals surface area (Å²) in [6, 6.07) is 23.2. The second-order valence-corrected chi connectivity index (χ2v) is 9.45. The first-order chi connectivity index (χ1) is 20.9. The van der Waals surface area contributed by atoms with Crippen molar-refractivity contribution >= 4 is 46.1 Å². The lowest BCUT2D eigenvalue weighted by Gasteiger charge is -2.15. The van der Waals surface area contributed by atoms with Gasteiger partial charge in [-0.1, -0.05) is 60.7 Å². The van der Waals surface area contributed by atoms with Crippen LogP contribution in [0.2, 0.25) is 0 Å². The number of pyridine rings is 1. The highest BCUT2D eigenvalue weighted by Crippen LogP contribution is 2.41. The molecule has 0 spiro atoms. The van der Waals surface area contributed by atoms with Crippen molar-refractivity contribution in [2.75, 3.05) is 5.32 Å². The van der Waals surface area contributed by atoms with Crippen LogP contribution in [0.25, 0.3) is 21.9 Å². The lowest BCUT2D eigenvalue weighted by molar-refractivity contribution is -0.110. The minimum absolute atomic E-state index is 0.0120. The van der Waals surface area contributed by atoms with E-state index < -0.39 is 17.7 Å². The predicted octanol–water partition coefficient (Wildman–Crippen LogP) is 4.16. The van der Waals surface area contributed by atoms with Gasteiger partial charge in [0.2, 0.25) is 0 Å². The van der Waals surface area contributed by atoms with Crippen molar-refractivity contribution in [1.29, 1.82) is 0 Å². The smallest absolute Gasteiger partial charge is 0.276 e. The Hall–Kier alpha value is -6.36. The highest BCUT2D eigenvalue weighted by atomic mass is 16.3. The number of fused-ring (bicyclic) bond motifs is 2. The van der Waals surface area contributed by atoms with E-state index >= 15 is 0 Å². The summed E-state index contributed by atoms with van der Waals surface area (Å²) in [6.45, 7) is 0. The number of phenolic OH excluding ortho intramolecular Hbond substituents is 2. The van der Waals surface area contributed by atoms with Gasteiger partial charge in [-0.2, -0.15) is 10.2 Å². The number of anilines is 1. The van der Waals surface area contributed by atoms with Crippen LogP contribution in [-0.2, 0) is 4.79 Å². The van der Waals surface area contributed by atoms with Crippen molar-refractivity contribution in [3.8, 4) is 22.6 Å². The summed E-state index contributed by atoms with van der Waals surface area (Å²) in [5.41, 5.74) is 7.09. The van der Waals surface area contributed by atoms with E-state index in [1.54, 1.807) is 85.2 Å². The van der Waals surface area contributed by atoms with E-state index in [9.17, 15) is 24.6 Å². The Balaban J connectivity index is 1.32. The van der Waals surface area contributed by atoms with Crippen LogP contribution in [0.15, 0.2) is 108 Å². The van der Waals surface area contributed by atoms with Gasteiger partial charge in [0, 0.05) is 29.1 Å². The monoisotopic (exact) mass is 570 g/mol. The van der Waals surface area contributed by atoms with E-state index in [0.29, 0.717) is 33.2 Å². The van der Waals surface area contributed by atoms with Crippen molar-refractivity contribution in [2.45, 2.75) is 0 Å². The summed E-state index contributed by atoms with van der Waals surface area (Å²) < 4.78 is 0. The van der Waals surface area contributed by atoms with Gasteiger partial charge in [0.15, 0.2) is 5.71 Å². The van der Waals surface area contributed by atoms with E-state index in [1.807, 2.05) is 0 Å². The number of phenols is 2. The molecule has 210 valence electrons. The number of hydrogen-bond donors (Lipinski definition) is 5. The molecule has 0 aliphatic carbocycles. The number of rotatable bonds is 6. The number of amides is 3. The Kier molecular flexibility index (Phi) is 7.03. The zero-order valence-corrected chi connectivity index (χ0v) is 22.3. The number of carbonyl (C=O) groups excluding carboxylic acids is 3. The van der Waals surface area contributed by atoms with Crippen LogP contribution >= 0.6 is 0 Å². The molecule has 0 unspecified atom stereocenters. The third-order valence-corrected chi connectivity index (χ3v) is 6.80. The Morgan fingerprint density at radius 1 is 0.814 bits per heavy atom. The molecule has 0 bridgehead atoms. The first kappa shape index (κ1) is 26.8. The zero-order chi connectivity index (χ0) is 29.9. The Labute approximate surface area is 244 Å². The Morgan fingerprint density at radius 2 is 1.58 bits per heavy atom. The molecule has 6 rings (SSSR count). The molecule has 1 aliphatic heterocycles. The molecule has 3 amide bonds. The molecular weight excluding hydrogens is 548 g/mol. The maximum atomic E-state index is 13.1. The number of carbonyl (C=O) groups is 3. The molecule has 11 nitrogen and oxygen atoms in total. The number of aromatic nitrogens is 1.